The molecule has 1 aromatic carbocycles. The second-order valence-electron chi connectivity index (χ2n) is 5.00. The Kier molecular flexibility index (Phi) is 4.34. The van der Waals surface area contributed by atoms with E-state index >= 15 is 0 Å². The number of likely N-dealkylation sites (tertiary alicyclic amines) is 1. The summed E-state index contributed by atoms with van der Waals surface area (Å²) in [7, 11) is 0. The van der Waals surface area contributed by atoms with Crippen molar-refractivity contribution in [2.45, 2.75) is 39.0 Å². The summed E-state index contributed by atoms with van der Waals surface area (Å²) in [4.78, 5) is 14.1. The lowest BCUT2D eigenvalue weighted by Crippen LogP contribution is -2.34. The predicted octanol–water partition coefficient (Wildman–Crippen LogP) is 3.54. The molecule has 1 heterocycles. The van der Waals surface area contributed by atoms with E-state index in [1.807, 2.05) is 0 Å². The molecule has 0 unspecified atom stereocenters. The van der Waals surface area contributed by atoms with Gasteiger partial charge in [0.05, 0.1) is 5.56 Å². The molecule has 2 rings (SSSR count). The molecule has 18 heavy (non-hydrogen) atoms. The highest BCUT2D eigenvalue weighted by molar-refractivity contribution is 5.94. The van der Waals surface area contributed by atoms with Crippen LogP contribution in [0.15, 0.2) is 18.2 Å². The molecule has 98 valence electrons. The van der Waals surface area contributed by atoms with Gasteiger partial charge in [-0.2, -0.15) is 0 Å². The Hall–Kier alpha value is -1.38. The Morgan fingerprint density at radius 2 is 1.72 bits per heavy atom. The lowest BCUT2D eigenvalue weighted by atomic mass is 10.1. The molecule has 0 N–H and O–H groups in total. The molecule has 0 bridgehead atoms. The van der Waals surface area contributed by atoms with Crippen LogP contribution in [-0.4, -0.2) is 23.9 Å². The molecule has 2 nitrogen and oxygen atoms in total. The minimum absolute atomic E-state index is 0.155. The zero-order valence-electron chi connectivity index (χ0n) is 10.9. The maximum atomic E-state index is 13.9. The first-order valence-corrected chi connectivity index (χ1v) is 6.74. The molecule has 3 heteroatoms. The summed E-state index contributed by atoms with van der Waals surface area (Å²) in [6.45, 7) is 3.21. The molecule has 0 atom stereocenters. The van der Waals surface area contributed by atoms with Gasteiger partial charge < -0.3 is 4.90 Å². The number of rotatable bonds is 1. The first-order valence-electron chi connectivity index (χ1n) is 6.74. The van der Waals surface area contributed by atoms with Crippen LogP contribution in [0.25, 0.3) is 0 Å². The van der Waals surface area contributed by atoms with Crippen molar-refractivity contribution >= 4 is 5.91 Å². The summed E-state index contributed by atoms with van der Waals surface area (Å²) in [5.41, 5.74) is 0.753. The van der Waals surface area contributed by atoms with Crippen LogP contribution in [-0.2, 0) is 0 Å². The van der Waals surface area contributed by atoms with E-state index in [4.69, 9.17) is 0 Å². The second-order valence-corrected chi connectivity index (χ2v) is 5.00. The van der Waals surface area contributed by atoms with Gasteiger partial charge in [-0.1, -0.05) is 31.4 Å². The third-order valence-corrected chi connectivity index (χ3v) is 3.57. The molecule has 0 aromatic heterocycles. The van der Waals surface area contributed by atoms with Crippen molar-refractivity contribution in [3.05, 3.63) is 35.1 Å². The zero-order chi connectivity index (χ0) is 13.0. The lowest BCUT2D eigenvalue weighted by Gasteiger charge is -2.25. The molecule has 1 amide bonds. The fraction of sp³-hybridized carbons (Fsp3) is 0.533. The van der Waals surface area contributed by atoms with E-state index in [-0.39, 0.29) is 17.3 Å². The Labute approximate surface area is 108 Å². The van der Waals surface area contributed by atoms with E-state index in [0.717, 1.165) is 25.9 Å². The number of hydrogen-bond acceptors (Lipinski definition) is 1. The van der Waals surface area contributed by atoms with E-state index in [1.54, 1.807) is 30.0 Å². The number of aryl methyl sites for hydroxylation is 1. The maximum Gasteiger partial charge on any atom is 0.256 e. The molecular formula is C15H20FNO. The van der Waals surface area contributed by atoms with Crippen LogP contribution in [0.3, 0.4) is 0 Å². The van der Waals surface area contributed by atoms with Gasteiger partial charge in [-0.25, -0.2) is 4.39 Å². The van der Waals surface area contributed by atoms with Gasteiger partial charge in [0.15, 0.2) is 0 Å². The van der Waals surface area contributed by atoms with Crippen molar-refractivity contribution in [2.75, 3.05) is 13.1 Å². The summed E-state index contributed by atoms with van der Waals surface area (Å²) in [5.74, 6) is -0.525. The number of carbonyl (C=O) groups excluding carboxylic acids is 1. The topological polar surface area (TPSA) is 20.3 Å². The van der Waals surface area contributed by atoms with Gasteiger partial charge in [-0.3, -0.25) is 4.79 Å². The molecular weight excluding hydrogens is 229 g/mol. The lowest BCUT2D eigenvalue weighted by molar-refractivity contribution is 0.0737. The van der Waals surface area contributed by atoms with Crippen molar-refractivity contribution in [1.29, 1.82) is 0 Å². The average Bonchev–Trinajstić information content (AvgIpc) is 2.31. The van der Waals surface area contributed by atoms with Crippen molar-refractivity contribution in [3.63, 3.8) is 0 Å². The molecule has 1 saturated heterocycles. The smallest absolute Gasteiger partial charge is 0.256 e. The number of hydrogen-bond donors (Lipinski definition) is 0. The molecule has 0 aliphatic carbocycles. The summed E-state index contributed by atoms with van der Waals surface area (Å²) >= 11 is 0. The highest BCUT2D eigenvalue weighted by atomic mass is 19.1. The van der Waals surface area contributed by atoms with Gasteiger partial charge in [0.2, 0.25) is 0 Å². The van der Waals surface area contributed by atoms with Crippen LogP contribution in [0.1, 0.15) is 48.0 Å². The molecule has 0 radical (unpaired) electrons. The molecule has 1 fully saturated rings. The first-order chi connectivity index (χ1) is 8.70. The fourth-order valence-corrected chi connectivity index (χ4v) is 2.43. The number of benzene rings is 1. The molecule has 0 saturated carbocycles. The van der Waals surface area contributed by atoms with Crippen LogP contribution < -0.4 is 0 Å². The zero-order valence-corrected chi connectivity index (χ0v) is 10.9. The third kappa shape index (κ3) is 2.89. The standard InChI is InChI=1S/C15H20FNO/c1-12-8-7-9-13(14(12)16)15(18)17-10-5-3-2-4-6-11-17/h7-9H,2-6,10-11H2,1H3. The molecule has 0 spiro atoms. The number of halogens is 1. The maximum absolute atomic E-state index is 13.9. The minimum atomic E-state index is -0.371. The fourth-order valence-electron chi connectivity index (χ4n) is 2.43. The van der Waals surface area contributed by atoms with Gasteiger partial charge >= 0.3 is 0 Å². The minimum Gasteiger partial charge on any atom is -0.339 e. The quantitative estimate of drug-likeness (QED) is 0.745. The first kappa shape index (κ1) is 13.1. The summed E-state index contributed by atoms with van der Waals surface area (Å²) in [6, 6.07) is 5.03. The monoisotopic (exact) mass is 249 g/mol. The van der Waals surface area contributed by atoms with Crippen LogP contribution in [0.5, 0.6) is 0 Å². The number of carbonyl (C=O) groups is 1. The third-order valence-electron chi connectivity index (χ3n) is 3.57. The highest BCUT2D eigenvalue weighted by Crippen LogP contribution is 2.17. The van der Waals surface area contributed by atoms with E-state index in [0.29, 0.717) is 5.56 Å². The molecule has 1 aliphatic rings. The summed E-state index contributed by atoms with van der Waals surface area (Å²) in [6.07, 6.45) is 5.64. The summed E-state index contributed by atoms with van der Waals surface area (Å²) in [5, 5.41) is 0. The number of nitrogens with zero attached hydrogens (tertiary/aromatic N) is 1. The Morgan fingerprint density at radius 1 is 1.11 bits per heavy atom. The van der Waals surface area contributed by atoms with Crippen LogP contribution in [0.4, 0.5) is 4.39 Å². The second kappa shape index (κ2) is 5.98. The normalized spacial score (nSPS) is 17.1. The van der Waals surface area contributed by atoms with E-state index in [2.05, 4.69) is 0 Å². The van der Waals surface area contributed by atoms with Gasteiger partial charge in [-0.05, 0) is 31.4 Å². The molecule has 1 aromatic rings. The van der Waals surface area contributed by atoms with Gasteiger partial charge in [-0.15, -0.1) is 0 Å². The number of amides is 1. The SMILES string of the molecule is Cc1cccc(C(=O)N2CCCCCCC2)c1F. The van der Waals surface area contributed by atoms with Gasteiger partial charge in [0, 0.05) is 13.1 Å². The highest BCUT2D eigenvalue weighted by Gasteiger charge is 2.20. The Bertz CT molecular complexity index is 423. The largest absolute Gasteiger partial charge is 0.339 e. The summed E-state index contributed by atoms with van der Waals surface area (Å²) < 4.78 is 13.9. The Balaban J connectivity index is 2.16. The average molecular weight is 249 g/mol. The van der Waals surface area contributed by atoms with E-state index in [1.165, 1.54) is 19.3 Å². The van der Waals surface area contributed by atoms with Crippen molar-refractivity contribution in [3.8, 4) is 0 Å². The van der Waals surface area contributed by atoms with E-state index in [9.17, 15) is 9.18 Å². The predicted molar refractivity (Wildman–Crippen MR) is 70.1 cm³/mol. The van der Waals surface area contributed by atoms with Crippen molar-refractivity contribution < 1.29 is 9.18 Å². The van der Waals surface area contributed by atoms with Crippen LogP contribution >= 0.6 is 0 Å². The van der Waals surface area contributed by atoms with Gasteiger partial charge in [0.1, 0.15) is 5.82 Å². The van der Waals surface area contributed by atoms with E-state index < -0.39 is 0 Å². The Morgan fingerprint density at radius 3 is 2.39 bits per heavy atom. The van der Waals surface area contributed by atoms with Crippen molar-refractivity contribution in [2.24, 2.45) is 0 Å². The van der Waals surface area contributed by atoms with Crippen LogP contribution in [0.2, 0.25) is 0 Å². The van der Waals surface area contributed by atoms with Crippen molar-refractivity contribution in [1.82, 2.24) is 4.90 Å². The van der Waals surface area contributed by atoms with Crippen LogP contribution in [0, 0.1) is 12.7 Å². The molecule has 1 aliphatic heterocycles. The van der Waals surface area contributed by atoms with Gasteiger partial charge in [0.25, 0.3) is 5.91 Å².